The van der Waals surface area contributed by atoms with Crippen molar-refractivity contribution in [2.45, 2.75) is 12.3 Å². The van der Waals surface area contributed by atoms with Crippen LogP contribution < -0.4 is 0 Å². The minimum Gasteiger partial charge on any atom is -0.381 e. The number of nitrogens with zero attached hydrogens (tertiary/aromatic N) is 2. The molecule has 1 aromatic rings. The summed E-state index contributed by atoms with van der Waals surface area (Å²) in [5.41, 5.74) is 0. The van der Waals surface area contributed by atoms with Crippen LogP contribution in [0.15, 0.2) is 4.52 Å². The van der Waals surface area contributed by atoms with E-state index in [1.54, 1.807) is 0 Å². The average Bonchev–Trinajstić information content (AvgIpc) is 2.55. The minimum absolute atomic E-state index is 0.173. The van der Waals surface area contributed by atoms with Gasteiger partial charge in [-0.05, 0) is 23.2 Å². The fourth-order valence-corrected chi connectivity index (χ4v) is 1.23. The second-order valence-corrected chi connectivity index (χ2v) is 2.80. The third-order valence-corrected chi connectivity index (χ3v) is 1.85. The van der Waals surface area contributed by atoms with E-state index in [1.807, 2.05) is 0 Å². The van der Waals surface area contributed by atoms with Gasteiger partial charge in [0, 0.05) is 6.61 Å². The Morgan fingerprint density at radius 3 is 3.00 bits per heavy atom. The molecular formula is C6H7ClN2O2. The molecule has 2 heterocycles. The molecule has 5 heteroatoms. The van der Waals surface area contributed by atoms with Crippen molar-refractivity contribution in [2.75, 3.05) is 13.2 Å². The molecule has 4 nitrogen and oxygen atoms in total. The summed E-state index contributed by atoms with van der Waals surface area (Å²) < 4.78 is 10.0. The maximum absolute atomic E-state index is 5.48. The highest BCUT2D eigenvalue weighted by Gasteiger charge is 2.23. The first-order chi connectivity index (χ1) is 5.36. The maximum atomic E-state index is 5.48. The fourth-order valence-electron chi connectivity index (χ4n) is 1.11. The van der Waals surface area contributed by atoms with Gasteiger partial charge in [-0.1, -0.05) is 0 Å². The lowest BCUT2D eigenvalue weighted by Crippen LogP contribution is -1.96. The van der Waals surface area contributed by atoms with Gasteiger partial charge in [0.2, 0.25) is 5.89 Å². The van der Waals surface area contributed by atoms with Crippen LogP contribution in [0.5, 0.6) is 0 Å². The van der Waals surface area contributed by atoms with Crippen LogP contribution in [0, 0.1) is 0 Å². The summed E-state index contributed by atoms with van der Waals surface area (Å²) >= 11 is 5.48. The van der Waals surface area contributed by atoms with Gasteiger partial charge < -0.3 is 9.26 Å². The first kappa shape index (κ1) is 7.06. The van der Waals surface area contributed by atoms with Crippen LogP contribution in [-0.2, 0) is 4.74 Å². The van der Waals surface area contributed by atoms with Gasteiger partial charge in [0.05, 0.1) is 12.5 Å². The molecule has 1 aliphatic heterocycles. The van der Waals surface area contributed by atoms with Crippen LogP contribution in [0.1, 0.15) is 18.2 Å². The lowest BCUT2D eigenvalue weighted by molar-refractivity contribution is 0.189. The molecule has 60 valence electrons. The van der Waals surface area contributed by atoms with E-state index in [4.69, 9.17) is 20.9 Å². The highest BCUT2D eigenvalue weighted by molar-refractivity contribution is 6.28. The molecular weight excluding hydrogens is 168 g/mol. The second-order valence-electron chi connectivity index (χ2n) is 2.46. The Bertz CT molecular complexity index is 244. The summed E-state index contributed by atoms with van der Waals surface area (Å²) in [6.45, 7) is 1.43. The van der Waals surface area contributed by atoms with Gasteiger partial charge >= 0.3 is 0 Å². The second kappa shape index (κ2) is 2.79. The summed E-state index contributed by atoms with van der Waals surface area (Å²) in [7, 11) is 0. The summed E-state index contributed by atoms with van der Waals surface area (Å²) in [4.78, 5) is 3.90. The molecule has 1 unspecified atom stereocenters. The Balaban J connectivity index is 2.15. The summed E-state index contributed by atoms with van der Waals surface area (Å²) in [6, 6.07) is 0. The van der Waals surface area contributed by atoms with Crippen molar-refractivity contribution in [1.82, 2.24) is 10.1 Å². The minimum atomic E-state index is 0.173. The summed E-state index contributed by atoms with van der Waals surface area (Å²) in [6.07, 6.45) is 0.943. The van der Waals surface area contributed by atoms with E-state index < -0.39 is 0 Å². The molecule has 0 aromatic carbocycles. The van der Waals surface area contributed by atoms with Crippen LogP contribution in [-0.4, -0.2) is 23.4 Å². The number of aromatic nitrogens is 2. The van der Waals surface area contributed by atoms with Crippen LogP contribution in [0.4, 0.5) is 0 Å². The number of hydrogen-bond donors (Lipinski definition) is 0. The van der Waals surface area contributed by atoms with Gasteiger partial charge in [-0.3, -0.25) is 0 Å². The van der Waals surface area contributed by atoms with Gasteiger partial charge in [-0.25, -0.2) is 0 Å². The largest absolute Gasteiger partial charge is 0.381 e. The van der Waals surface area contributed by atoms with E-state index in [0.717, 1.165) is 13.0 Å². The molecule has 0 saturated carbocycles. The van der Waals surface area contributed by atoms with Crippen molar-refractivity contribution in [3.8, 4) is 0 Å². The SMILES string of the molecule is Clc1noc(C2CCOC2)n1. The van der Waals surface area contributed by atoms with Crippen molar-refractivity contribution in [3.63, 3.8) is 0 Å². The molecule has 0 amide bonds. The van der Waals surface area contributed by atoms with E-state index in [2.05, 4.69) is 10.1 Å². The average molecular weight is 175 g/mol. The molecule has 0 aliphatic carbocycles. The van der Waals surface area contributed by atoms with Gasteiger partial charge in [0.15, 0.2) is 0 Å². The molecule has 0 radical (unpaired) electrons. The topological polar surface area (TPSA) is 48.2 Å². The first-order valence-electron chi connectivity index (χ1n) is 3.43. The standard InChI is InChI=1S/C6H7ClN2O2/c7-6-8-5(11-9-6)4-1-2-10-3-4/h4H,1-3H2. The van der Waals surface area contributed by atoms with Crippen LogP contribution in [0.2, 0.25) is 5.28 Å². The smallest absolute Gasteiger partial charge is 0.263 e. The quantitative estimate of drug-likeness (QED) is 0.643. The number of rotatable bonds is 1. The van der Waals surface area contributed by atoms with E-state index in [1.165, 1.54) is 0 Å². The molecule has 1 atom stereocenters. The molecule has 1 fully saturated rings. The summed E-state index contributed by atoms with van der Waals surface area (Å²) in [5, 5.41) is 3.66. The molecule has 2 rings (SSSR count). The molecule has 0 bridgehead atoms. The van der Waals surface area contributed by atoms with Crippen molar-refractivity contribution in [2.24, 2.45) is 0 Å². The van der Waals surface area contributed by atoms with Gasteiger partial charge in [-0.2, -0.15) is 4.98 Å². The van der Waals surface area contributed by atoms with Crippen molar-refractivity contribution in [1.29, 1.82) is 0 Å². The highest BCUT2D eigenvalue weighted by atomic mass is 35.5. The zero-order valence-corrected chi connectivity index (χ0v) is 6.54. The molecule has 11 heavy (non-hydrogen) atoms. The zero-order valence-electron chi connectivity index (χ0n) is 5.79. The highest BCUT2D eigenvalue weighted by Crippen LogP contribution is 2.23. The fraction of sp³-hybridized carbons (Fsp3) is 0.667. The lowest BCUT2D eigenvalue weighted by Gasteiger charge is -1.96. The Morgan fingerprint density at radius 2 is 2.45 bits per heavy atom. The van der Waals surface area contributed by atoms with E-state index in [0.29, 0.717) is 12.5 Å². The zero-order chi connectivity index (χ0) is 7.68. The Labute approximate surface area is 68.5 Å². The predicted octanol–water partition coefficient (Wildman–Crippen LogP) is 1.23. The number of ether oxygens (including phenoxy) is 1. The van der Waals surface area contributed by atoms with Crippen molar-refractivity contribution >= 4 is 11.6 Å². The number of halogens is 1. The van der Waals surface area contributed by atoms with Crippen molar-refractivity contribution < 1.29 is 9.26 Å². The Kier molecular flexibility index (Phi) is 1.79. The van der Waals surface area contributed by atoms with Gasteiger partial charge in [-0.15, -0.1) is 0 Å². The third kappa shape index (κ3) is 1.36. The van der Waals surface area contributed by atoms with E-state index in [9.17, 15) is 0 Å². The van der Waals surface area contributed by atoms with Crippen LogP contribution in [0.25, 0.3) is 0 Å². The predicted molar refractivity (Wildman–Crippen MR) is 37.5 cm³/mol. The van der Waals surface area contributed by atoms with Crippen LogP contribution >= 0.6 is 11.6 Å². The molecule has 1 aromatic heterocycles. The van der Waals surface area contributed by atoms with Crippen LogP contribution in [0.3, 0.4) is 0 Å². The van der Waals surface area contributed by atoms with Crippen molar-refractivity contribution in [3.05, 3.63) is 11.2 Å². The van der Waals surface area contributed by atoms with E-state index in [-0.39, 0.29) is 11.2 Å². The molecule has 0 spiro atoms. The van der Waals surface area contributed by atoms with E-state index >= 15 is 0 Å². The Morgan fingerprint density at radius 1 is 1.55 bits per heavy atom. The molecule has 1 aliphatic rings. The first-order valence-corrected chi connectivity index (χ1v) is 3.81. The molecule has 0 N–H and O–H groups in total. The third-order valence-electron chi connectivity index (χ3n) is 1.70. The lowest BCUT2D eigenvalue weighted by atomic mass is 10.1. The normalized spacial score (nSPS) is 24.3. The molecule has 1 saturated heterocycles. The number of hydrogen-bond acceptors (Lipinski definition) is 4. The summed E-state index contributed by atoms with van der Waals surface area (Å²) in [5.74, 6) is 0.836. The Hall–Kier alpha value is -0.610. The monoisotopic (exact) mass is 174 g/mol. The maximum Gasteiger partial charge on any atom is 0.263 e. The van der Waals surface area contributed by atoms with Gasteiger partial charge in [0.25, 0.3) is 5.28 Å². The van der Waals surface area contributed by atoms with Gasteiger partial charge in [0.1, 0.15) is 0 Å².